The van der Waals surface area contributed by atoms with Gasteiger partial charge in [0.05, 0.1) is 5.60 Å². The summed E-state index contributed by atoms with van der Waals surface area (Å²) < 4.78 is 41.6. The zero-order valence-corrected chi connectivity index (χ0v) is 9.03. The summed E-state index contributed by atoms with van der Waals surface area (Å²) in [5.41, 5.74) is -0.760. The van der Waals surface area contributed by atoms with E-state index in [-0.39, 0.29) is 0 Å². The predicted octanol–water partition coefficient (Wildman–Crippen LogP) is 2.34. The van der Waals surface area contributed by atoms with E-state index >= 15 is 0 Å². The summed E-state index contributed by atoms with van der Waals surface area (Å²) in [6, 6.07) is 0. The number of hydrogen-bond acceptors (Lipinski definition) is 2. The highest BCUT2D eigenvalue weighted by Gasteiger charge is 2.40. The van der Waals surface area contributed by atoms with Gasteiger partial charge in [-0.1, -0.05) is 6.92 Å². The summed E-state index contributed by atoms with van der Waals surface area (Å²) in [5, 5.41) is 2.82. The molecule has 0 heterocycles. The molecule has 0 spiro atoms. The fraction of sp³-hybridized carbons (Fsp3) is 1.00. The van der Waals surface area contributed by atoms with E-state index < -0.39 is 17.9 Å². The summed E-state index contributed by atoms with van der Waals surface area (Å²) in [6.45, 7) is 4.92. The number of ether oxygens (including phenoxy) is 1. The van der Waals surface area contributed by atoms with E-state index in [1.165, 1.54) is 0 Å². The van der Waals surface area contributed by atoms with Gasteiger partial charge in [0.1, 0.15) is 0 Å². The van der Waals surface area contributed by atoms with Gasteiger partial charge in [0.25, 0.3) is 0 Å². The van der Waals surface area contributed by atoms with Crippen LogP contribution in [0.5, 0.6) is 0 Å². The molecule has 0 aromatic rings. The Morgan fingerprint density at radius 2 is 1.86 bits per heavy atom. The van der Waals surface area contributed by atoms with Crippen LogP contribution in [0, 0.1) is 0 Å². The second-order valence-electron chi connectivity index (χ2n) is 3.64. The lowest BCUT2D eigenvalue weighted by Crippen LogP contribution is -2.44. The fourth-order valence-corrected chi connectivity index (χ4v) is 1.12. The lowest BCUT2D eigenvalue weighted by Gasteiger charge is -2.32. The largest absolute Gasteiger partial charge is 0.414 e. The molecule has 0 fully saturated rings. The molecule has 86 valence electrons. The molecule has 2 unspecified atom stereocenters. The minimum absolute atomic E-state index is 0.407. The molecule has 0 saturated carbocycles. The van der Waals surface area contributed by atoms with E-state index in [1.807, 2.05) is 0 Å². The number of alkyl halides is 3. The van der Waals surface area contributed by atoms with Crippen LogP contribution in [0.1, 0.15) is 27.2 Å². The maximum Gasteiger partial charge on any atom is 0.414 e. The first kappa shape index (κ1) is 13.7. The van der Waals surface area contributed by atoms with Crippen molar-refractivity contribution in [2.24, 2.45) is 0 Å². The van der Waals surface area contributed by atoms with Crippen LogP contribution in [0.15, 0.2) is 0 Å². The smallest absolute Gasteiger partial charge is 0.362 e. The molecule has 0 bridgehead atoms. The van der Waals surface area contributed by atoms with Crippen LogP contribution in [-0.2, 0) is 4.74 Å². The molecule has 0 rings (SSSR count). The lowest BCUT2D eigenvalue weighted by atomic mass is 10.0. The van der Waals surface area contributed by atoms with Gasteiger partial charge in [-0.15, -0.1) is 0 Å². The van der Waals surface area contributed by atoms with Crippen LogP contribution in [0.2, 0.25) is 0 Å². The monoisotopic (exact) mass is 213 g/mol. The van der Waals surface area contributed by atoms with Gasteiger partial charge in [0.15, 0.2) is 6.10 Å². The van der Waals surface area contributed by atoms with Crippen molar-refractivity contribution < 1.29 is 17.9 Å². The van der Waals surface area contributed by atoms with Crippen molar-refractivity contribution in [1.29, 1.82) is 0 Å². The van der Waals surface area contributed by atoms with Crippen molar-refractivity contribution in [2.45, 2.75) is 45.1 Å². The Balaban J connectivity index is 4.31. The molecule has 0 aromatic heterocycles. The molecule has 0 aromatic carbocycles. The summed E-state index contributed by atoms with van der Waals surface area (Å²) in [7, 11) is 1.69. The second kappa shape index (κ2) is 4.98. The number of nitrogens with one attached hydrogen (secondary N) is 1. The van der Waals surface area contributed by atoms with Crippen LogP contribution in [0.4, 0.5) is 13.2 Å². The van der Waals surface area contributed by atoms with Crippen LogP contribution in [0.3, 0.4) is 0 Å². The summed E-state index contributed by atoms with van der Waals surface area (Å²) in [5.74, 6) is 0. The van der Waals surface area contributed by atoms with E-state index in [0.717, 1.165) is 6.92 Å². The molecular formula is C9H18F3NO. The predicted molar refractivity (Wildman–Crippen MR) is 49.2 cm³/mol. The Morgan fingerprint density at radius 3 is 2.14 bits per heavy atom. The normalized spacial score (nSPS) is 19.1. The number of hydrogen-bond donors (Lipinski definition) is 1. The van der Waals surface area contributed by atoms with Gasteiger partial charge in [-0.05, 0) is 27.3 Å². The zero-order valence-electron chi connectivity index (χ0n) is 9.03. The third-order valence-corrected chi connectivity index (χ3v) is 2.22. The highest BCUT2D eigenvalue weighted by Crippen LogP contribution is 2.27. The molecule has 0 aliphatic carbocycles. The van der Waals surface area contributed by atoms with E-state index in [9.17, 15) is 13.2 Å². The van der Waals surface area contributed by atoms with Crippen LogP contribution in [-0.4, -0.2) is 31.5 Å². The highest BCUT2D eigenvalue weighted by molar-refractivity contribution is 4.78. The van der Waals surface area contributed by atoms with Crippen molar-refractivity contribution in [3.8, 4) is 0 Å². The minimum Gasteiger partial charge on any atom is -0.362 e. The fourth-order valence-electron chi connectivity index (χ4n) is 1.12. The standard InChI is InChI=1S/C9H18F3NO/c1-5-8(3,6-13-4)14-7(2)9(10,11)12/h7,13H,5-6H2,1-4H3. The van der Waals surface area contributed by atoms with Crippen molar-refractivity contribution in [3.05, 3.63) is 0 Å². The third kappa shape index (κ3) is 4.28. The SMILES string of the molecule is CCC(C)(CNC)OC(C)C(F)(F)F. The lowest BCUT2D eigenvalue weighted by molar-refractivity contribution is -0.244. The molecule has 2 nitrogen and oxygen atoms in total. The van der Waals surface area contributed by atoms with Crippen LogP contribution < -0.4 is 5.32 Å². The van der Waals surface area contributed by atoms with E-state index in [0.29, 0.717) is 13.0 Å². The molecule has 0 saturated heterocycles. The maximum absolute atomic E-state index is 12.2. The maximum atomic E-state index is 12.2. The average Bonchev–Trinajstić information content (AvgIpc) is 2.03. The van der Waals surface area contributed by atoms with Gasteiger partial charge in [-0.3, -0.25) is 0 Å². The molecule has 0 radical (unpaired) electrons. The topological polar surface area (TPSA) is 21.3 Å². The zero-order chi connectivity index (χ0) is 11.4. The van der Waals surface area contributed by atoms with Gasteiger partial charge in [-0.25, -0.2) is 0 Å². The molecule has 14 heavy (non-hydrogen) atoms. The number of rotatable bonds is 5. The van der Waals surface area contributed by atoms with E-state index in [1.54, 1.807) is 20.9 Å². The third-order valence-electron chi connectivity index (χ3n) is 2.22. The molecule has 1 N–H and O–H groups in total. The first-order valence-electron chi connectivity index (χ1n) is 4.64. The Bertz CT molecular complexity index is 172. The Hall–Kier alpha value is -0.290. The second-order valence-corrected chi connectivity index (χ2v) is 3.64. The summed E-state index contributed by atoms with van der Waals surface area (Å²) in [6.07, 6.45) is -5.47. The van der Waals surface area contributed by atoms with Gasteiger partial charge >= 0.3 is 6.18 Å². The van der Waals surface area contributed by atoms with Crippen molar-refractivity contribution in [3.63, 3.8) is 0 Å². The van der Waals surface area contributed by atoms with Gasteiger partial charge < -0.3 is 10.1 Å². The average molecular weight is 213 g/mol. The van der Waals surface area contributed by atoms with E-state index in [4.69, 9.17) is 4.74 Å². The molecule has 5 heteroatoms. The molecular weight excluding hydrogens is 195 g/mol. The van der Waals surface area contributed by atoms with Crippen molar-refractivity contribution in [1.82, 2.24) is 5.32 Å². The highest BCUT2D eigenvalue weighted by atomic mass is 19.4. The summed E-state index contributed by atoms with van der Waals surface area (Å²) >= 11 is 0. The molecule has 0 aliphatic rings. The van der Waals surface area contributed by atoms with Gasteiger partial charge in [-0.2, -0.15) is 13.2 Å². The minimum atomic E-state index is -4.29. The molecule has 0 amide bonds. The van der Waals surface area contributed by atoms with Crippen molar-refractivity contribution >= 4 is 0 Å². The quantitative estimate of drug-likeness (QED) is 0.756. The molecule has 0 aliphatic heterocycles. The first-order chi connectivity index (χ1) is 6.25. The first-order valence-corrected chi connectivity index (χ1v) is 4.64. The Morgan fingerprint density at radius 1 is 1.36 bits per heavy atom. The number of likely N-dealkylation sites (N-methyl/N-ethyl adjacent to an activating group) is 1. The van der Waals surface area contributed by atoms with Gasteiger partial charge in [0, 0.05) is 6.54 Å². The summed E-state index contributed by atoms with van der Waals surface area (Å²) in [4.78, 5) is 0. The van der Waals surface area contributed by atoms with E-state index in [2.05, 4.69) is 5.32 Å². The Kier molecular flexibility index (Phi) is 4.88. The van der Waals surface area contributed by atoms with Crippen molar-refractivity contribution in [2.75, 3.05) is 13.6 Å². The van der Waals surface area contributed by atoms with Crippen LogP contribution >= 0.6 is 0 Å². The van der Waals surface area contributed by atoms with Gasteiger partial charge in [0.2, 0.25) is 0 Å². The Labute approximate surface area is 82.8 Å². The molecule has 2 atom stereocenters. The number of halogens is 3. The van der Waals surface area contributed by atoms with Crippen LogP contribution in [0.25, 0.3) is 0 Å².